The van der Waals surface area contributed by atoms with Crippen molar-refractivity contribution >= 4 is 18.4 Å². The molecule has 2 atom stereocenters. The Morgan fingerprint density at radius 3 is 2.41 bits per heavy atom. The summed E-state index contributed by atoms with van der Waals surface area (Å²) >= 11 is 5.39. The molecule has 0 aromatic carbocycles. The van der Waals surface area contributed by atoms with Gasteiger partial charge in [-0.3, -0.25) is 0 Å². The van der Waals surface area contributed by atoms with Crippen LogP contribution < -0.4 is 10.4 Å². The normalized spacial score (nSPS) is 16.7. The van der Waals surface area contributed by atoms with Gasteiger partial charge in [0, 0.05) is 13.7 Å². The van der Waals surface area contributed by atoms with Crippen LogP contribution in [-0.4, -0.2) is 33.4 Å². The summed E-state index contributed by atoms with van der Waals surface area (Å²) in [6.45, 7) is 3.78. The molecule has 0 bridgehead atoms. The van der Waals surface area contributed by atoms with Crippen LogP contribution in [0.5, 0.6) is 0 Å². The predicted octanol–water partition coefficient (Wildman–Crippen LogP) is 2.65. The van der Waals surface area contributed by atoms with Crippen molar-refractivity contribution in [2.24, 2.45) is 0 Å². The molecular formula is C11H27N2O2PS. The zero-order valence-electron chi connectivity index (χ0n) is 11.5. The average Bonchev–Trinajstić information content (AvgIpc) is 2.33. The first-order valence-corrected chi connectivity index (χ1v) is 8.95. The van der Waals surface area contributed by atoms with E-state index in [9.17, 15) is 0 Å². The van der Waals surface area contributed by atoms with Crippen molar-refractivity contribution in [1.29, 1.82) is 0 Å². The molecule has 0 spiro atoms. The first-order valence-electron chi connectivity index (χ1n) is 6.32. The molecule has 0 aliphatic carbocycles. The van der Waals surface area contributed by atoms with Crippen molar-refractivity contribution in [3.63, 3.8) is 0 Å². The summed E-state index contributed by atoms with van der Waals surface area (Å²) in [5.74, 6) is 0. The van der Waals surface area contributed by atoms with E-state index in [0.29, 0.717) is 0 Å². The van der Waals surface area contributed by atoms with Gasteiger partial charge in [-0.2, -0.15) is 0 Å². The third kappa shape index (κ3) is 9.11. The Hall–Kier alpha value is 0.490. The van der Waals surface area contributed by atoms with Crippen LogP contribution in [0, 0.1) is 0 Å². The zero-order chi connectivity index (χ0) is 13.1. The molecule has 0 heterocycles. The van der Waals surface area contributed by atoms with Gasteiger partial charge in [0.2, 0.25) is 0 Å². The second-order valence-electron chi connectivity index (χ2n) is 4.08. The van der Waals surface area contributed by atoms with Gasteiger partial charge in [0.15, 0.2) is 0 Å². The van der Waals surface area contributed by atoms with E-state index in [0.717, 1.165) is 25.9 Å². The molecule has 0 aliphatic rings. The topological polar surface area (TPSA) is 42.5 Å². The maximum Gasteiger partial charge on any atom is 0.261 e. The highest BCUT2D eigenvalue weighted by Crippen LogP contribution is 2.44. The van der Waals surface area contributed by atoms with Crippen molar-refractivity contribution in [2.75, 3.05) is 27.2 Å². The molecule has 0 radical (unpaired) electrons. The van der Waals surface area contributed by atoms with Gasteiger partial charge in [0.25, 0.3) is 6.64 Å². The molecule has 0 saturated heterocycles. The summed E-state index contributed by atoms with van der Waals surface area (Å²) in [6, 6.07) is 0. The van der Waals surface area contributed by atoms with E-state index in [-0.39, 0.29) is 6.10 Å². The van der Waals surface area contributed by atoms with Gasteiger partial charge >= 0.3 is 0 Å². The summed E-state index contributed by atoms with van der Waals surface area (Å²) in [5.41, 5.74) is 0. The number of unbranched alkanes of at least 4 members (excludes halogenated alkanes) is 2. The van der Waals surface area contributed by atoms with Crippen LogP contribution in [0.2, 0.25) is 0 Å². The Labute approximate surface area is 111 Å². The van der Waals surface area contributed by atoms with Gasteiger partial charge in [-0.25, -0.2) is 5.09 Å². The molecule has 0 aromatic heterocycles. The molecule has 0 aromatic rings. The fourth-order valence-corrected chi connectivity index (χ4v) is 3.33. The average molecular weight is 282 g/mol. The predicted molar refractivity (Wildman–Crippen MR) is 77.9 cm³/mol. The Bertz CT molecular complexity index is 230. The minimum atomic E-state index is -2.26. The van der Waals surface area contributed by atoms with E-state index in [2.05, 4.69) is 17.3 Å². The van der Waals surface area contributed by atoms with E-state index in [1.54, 1.807) is 7.11 Å². The lowest BCUT2D eigenvalue weighted by molar-refractivity contribution is 0.197. The van der Waals surface area contributed by atoms with E-state index < -0.39 is 6.64 Å². The third-order valence-electron chi connectivity index (χ3n) is 2.54. The van der Waals surface area contributed by atoms with Gasteiger partial charge in [0.1, 0.15) is 0 Å². The summed E-state index contributed by atoms with van der Waals surface area (Å²) in [5, 5.41) is 6.39. The van der Waals surface area contributed by atoms with Crippen LogP contribution in [0.15, 0.2) is 0 Å². The second-order valence-corrected chi connectivity index (χ2v) is 7.41. The number of hydrogen-bond acceptors (Lipinski definition) is 4. The second kappa shape index (κ2) is 10.4. The monoisotopic (exact) mass is 282 g/mol. The fraction of sp³-hybridized carbons (Fsp3) is 1.00. The summed E-state index contributed by atoms with van der Waals surface area (Å²) in [7, 11) is 3.60. The first-order chi connectivity index (χ1) is 8.08. The van der Waals surface area contributed by atoms with Crippen molar-refractivity contribution < 1.29 is 9.05 Å². The van der Waals surface area contributed by atoms with Gasteiger partial charge in [-0.1, -0.05) is 13.3 Å². The smallest absolute Gasteiger partial charge is 0.261 e. The van der Waals surface area contributed by atoms with Crippen molar-refractivity contribution in [3.05, 3.63) is 0 Å². The quantitative estimate of drug-likeness (QED) is 0.450. The zero-order valence-corrected chi connectivity index (χ0v) is 13.2. The summed E-state index contributed by atoms with van der Waals surface area (Å²) in [6.07, 6.45) is 4.59. The molecule has 2 unspecified atom stereocenters. The molecule has 6 heteroatoms. The molecule has 0 saturated carbocycles. The van der Waals surface area contributed by atoms with Crippen molar-refractivity contribution in [1.82, 2.24) is 10.4 Å². The van der Waals surface area contributed by atoms with Crippen molar-refractivity contribution in [2.45, 2.75) is 45.6 Å². The lowest BCUT2D eigenvalue weighted by atomic mass is 10.2. The number of nitrogens with one attached hydrogen (secondary N) is 2. The fourth-order valence-electron chi connectivity index (χ4n) is 1.28. The minimum Gasteiger partial charge on any atom is -0.321 e. The highest BCUT2D eigenvalue weighted by Gasteiger charge is 2.18. The highest BCUT2D eigenvalue weighted by molar-refractivity contribution is 8.08. The Morgan fingerprint density at radius 2 is 1.88 bits per heavy atom. The Kier molecular flexibility index (Phi) is 10.7. The molecule has 4 nitrogen and oxygen atoms in total. The van der Waals surface area contributed by atoms with Crippen LogP contribution in [0.25, 0.3) is 0 Å². The van der Waals surface area contributed by atoms with Crippen LogP contribution in [0.1, 0.15) is 39.5 Å². The SMILES string of the molecule is CCC(C)OP(=S)(NCCCCCNC)OC. The molecular weight excluding hydrogens is 255 g/mol. The standard InChI is InChI=1S/C11H27N2O2PS/c1-5-11(2)15-16(17,14-4)13-10-8-6-7-9-12-3/h11-12H,5-10H2,1-4H3,(H,13,17). The van der Waals surface area contributed by atoms with Crippen LogP contribution in [-0.2, 0) is 20.9 Å². The van der Waals surface area contributed by atoms with Crippen LogP contribution in [0.3, 0.4) is 0 Å². The highest BCUT2D eigenvalue weighted by atomic mass is 32.5. The molecule has 0 rings (SSSR count). The Balaban J connectivity index is 3.76. The molecule has 104 valence electrons. The van der Waals surface area contributed by atoms with Gasteiger partial charge in [0.05, 0.1) is 6.10 Å². The lowest BCUT2D eigenvalue weighted by Crippen LogP contribution is -2.18. The number of hydrogen-bond donors (Lipinski definition) is 2. The van der Waals surface area contributed by atoms with Crippen LogP contribution in [0.4, 0.5) is 0 Å². The first kappa shape index (κ1) is 17.5. The summed E-state index contributed by atoms with van der Waals surface area (Å²) < 4.78 is 11.1. The van der Waals surface area contributed by atoms with Crippen molar-refractivity contribution in [3.8, 4) is 0 Å². The summed E-state index contributed by atoms with van der Waals surface area (Å²) in [4.78, 5) is 0. The van der Waals surface area contributed by atoms with E-state index in [4.69, 9.17) is 20.9 Å². The molecule has 2 N–H and O–H groups in total. The van der Waals surface area contributed by atoms with Crippen LogP contribution >= 0.6 is 6.64 Å². The largest absolute Gasteiger partial charge is 0.321 e. The third-order valence-corrected chi connectivity index (χ3v) is 5.36. The molecule has 17 heavy (non-hydrogen) atoms. The van der Waals surface area contributed by atoms with Gasteiger partial charge in [-0.15, -0.1) is 0 Å². The lowest BCUT2D eigenvalue weighted by Gasteiger charge is -2.24. The van der Waals surface area contributed by atoms with E-state index in [1.165, 1.54) is 12.8 Å². The van der Waals surface area contributed by atoms with Gasteiger partial charge in [-0.05, 0) is 51.6 Å². The number of rotatable bonds is 11. The van der Waals surface area contributed by atoms with E-state index >= 15 is 0 Å². The molecule has 0 fully saturated rings. The maximum absolute atomic E-state index is 5.74. The molecule has 0 amide bonds. The Morgan fingerprint density at radius 1 is 1.24 bits per heavy atom. The molecule has 0 aliphatic heterocycles. The maximum atomic E-state index is 5.74. The van der Waals surface area contributed by atoms with E-state index in [1.807, 2.05) is 14.0 Å². The minimum absolute atomic E-state index is 0.151. The van der Waals surface area contributed by atoms with Gasteiger partial charge < -0.3 is 14.4 Å².